The number of benzene rings is 2. The van der Waals surface area contributed by atoms with Crippen molar-refractivity contribution in [3.63, 3.8) is 0 Å². The number of carbonyl (C=O) groups is 1. The summed E-state index contributed by atoms with van der Waals surface area (Å²) in [6, 6.07) is 15.0. The average Bonchev–Trinajstić information content (AvgIpc) is 3.04. The lowest BCUT2D eigenvalue weighted by molar-refractivity contribution is -0.115. The summed E-state index contributed by atoms with van der Waals surface area (Å²) >= 11 is 7.19. The maximum absolute atomic E-state index is 12.3. The van der Waals surface area contributed by atoms with Crippen LogP contribution in [0.15, 0.2) is 53.7 Å². The van der Waals surface area contributed by atoms with Crippen molar-refractivity contribution in [2.45, 2.75) is 24.3 Å². The summed E-state index contributed by atoms with van der Waals surface area (Å²) in [5, 5.41) is 10.8. The van der Waals surface area contributed by atoms with Crippen molar-refractivity contribution < 1.29 is 4.79 Å². The van der Waals surface area contributed by atoms with Crippen molar-refractivity contribution in [3.05, 3.63) is 59.1 Å². The molecule has 1 amide bonds. The number of aryl methyl sites for hydroxylation is 1. The summed E-state index contributed by atoms with van der Waals surface area (Å²) in [6.07, 6.45) is 0. The molecule has 0 bridgehead atoms. The number of anilines is 1. The van der Waals surface area contributed by atoms with Crippen molar-refractivity contribution in [1.82, 2.24) is 15.2 Å². The fourth-order valence-corrected chi connectivity index (χ4v) is 3.06. The number of hydrogen-bond donors (Lipinski definition) is 2. The van der Waals surface area contributed by atoms with Crippen molar-refractivity contribution in [2.75, 3.05) is 5.32 Å². The quantitative estimate of drug-likeness (QED) is 0.644. The SMILES string of the molecule is Cc1cccc(NC(=O)C(C)Sc2n[nH]c(-c3ccc(Cl)cc3)n2)c1. The second-order valence-corrected chi connectivity index (χ2v) is 7.34. The average molecular weight is 373 g/mol. The van der Waals surface area contributed by atoms with Crippen LogP contribution in [0.2, 0.25) is 5.02 Å². The molecule has 0 aliphatic rings. The van der Waals surface area contributed by atoms with Crippen LogP contribution >= 0.6 is 23.4 Å². The molecule has 1 unspecified atom stereocenters. The molecule has 1 atom stereocenters. The first-order valence-corrected chi connectivity index (χ1v) is 8.99. The summed E-state index contributed by atoms with van der Waals surface area (Å²) in [5.74, 6) is 0.555. The molecule has 3 rings (SSSR count). The van der Waals surface area contributed by atoms with E-state index in [1.54, 1.807) is 12.1 Å². The Morgan fingerprint density at radius 1 is 1.24 bits per heavy atom. The zero-order valence-electron chi connectivity index (χ0n) is 13.8. The second kappa shape index (κ2) is 7.72. The molecule has 0 spiro atoms. The number of aromatic nitrogens is 3. The van der Waals surface area contributed by atoms with Gasteiger partial charge in [-0.05, 0) is 55.8 Å². The molecular formula is C18H17ClN4OS. The molecule has 3 aromatic rings. The number of carbonyl (C=O) groups excluding carboxylic acids is 1. The van der Waals surface area contributed by atoms with Gasteiger partial charge in [0.05, 0.1) is 5.25 Å². The number of halogens is 1. The number of amides is 1. The van der Waals surface area contributed by atoms with E-state index in [4.69, 9.17) is 11.6 Å². The van der Waals surface area contributed by atoms with Crippen LogP contribution in [0.1, 0.15) is 12.5 Å². The third-order valence-corrected chi connectivity index (χ3v) is 4.73. The van der Waals surface area contributed by atoms with E-state index < -0.39 is 0 Å². The normalized spacial score (nSPS) is 12.0. The number of H-pyrrole nitrogens is 1. The van der Waals surface area contributed by atoms with Crippen molar-refractivity contribution in [1.29, 1.82) is 0 Å². The maximum atomic E-state index is 12.3. The molecule has 5 nitrogen and oxygen atoms in total. The highest BCUT2D eigenvalue weighted by Gasteiger charge is 2.17. The van der Waals surface area contributed by atoms with Crippen molar-refractivity contribution in [3.8, 4) is 11.4 Å². The van der Waals surface area contributed by atoms with Crippen LogP contribution in [-0.4, -0.2) is 26.3 Å². The van der Waals surface area contributed by atoms with Gasteiger partial charge >= 0.3 is 0 Å². The van der Waals surface area contributed by atoms with Gasteiger partial charge in [-0.25, -0.2) is 4.98 Å². The highest BCUT2D eigenvalue weighted by molar-refractivity contribution is 8.00. The van der Waals surface area contributed by atoms with Gasteiger partial charge in [-0.2, -0.15) is 0 Å². The Hall–Kier alpha value is -2.31. The predicted molar refractivity (Wildman–Crippen MR) is 102 cm³/mol. The van der Waals surface area contributed by atoms with Gasteiger partial charge in [-0.3, -0.25) is 9.89 Å². The number of nitrogens with zero attached hydrogens (tertiary/aromatic N) is 2. The second-order valence-electron chi connectivity index (χ2n) is 5.59. The minimum Gasteiger partial charge on any atom is -0.325 e. The molecule has 2 N–H and O–H groups in total. The van der Waals surface area contributed by atoms with E-state index in [0.717, 1.165) is 16.8 Å². The standard InChI is InChI=1S/C18H17ClN4OS/c1-11-4-3-5-15(10-11)20-17(24)12(2)25-18-21-16(22-23-18)13-6-8-14(19)9-7-13/h3-10,12H,1-2H3,(H,20,24)(H,21,22,23). The lowest BCUT2D eigenvalue weighted by Gasteiger charge is -2.10. The fourth-order valence-electron chi connectivity index (χ4n) is 2.21. The van der Waals surface area contributed by atoms with Crippen LogP contribution in [0.25, 0.3) is 11.4 Å². The van der Waals surface area contributed by atoms with Crippen LogP contribution in [0, 0.1) is 6.92 Å². The van der Waals surface area contributed by atoms with Gasteiger partial charge in [-0.15, -0.1) is 5.10 Å². The predicted octanol–water partition coefficient (Wildman–Crippen LogP) is 4.55. The Bertz CT molecular complexity index is 879. The maximum Gasteiger partial charge on any atom is 0.237 e. The summed E-state index contributed by atoms with van der Waals surface area (Å²) in [4.78, 5) is 16.8. The Morgan fingerprint density at radius 2 is 2.00 bits per heavy atom. The highest BCUT2D eigenvalue weighted by atomic mass is 35.5. The molecule has 2 aromatic carbocycles. The Kier molecular flexibility index (Phi) is 5.40. The van der Waals surface area contributed by atoms with E-state index in [-0.39, 0.29) is 11.2 Å². The van der Waals surface area contributed by atoms with E-state index in [0.29, 0.717) is 16.0 Å². The summed E-state index contributed by atoms with van der Waals surface area (Å²) in [5.41, 5.74) is 2.77. The van der Waals surface area contributed by atoms with Crippen LogP contribution in [-0.2, 0) is 4.79 Å². The number of rotatable bonds is 5. The third kappa shape index (κ3) is 4.61. The molecule has 0 saturated heterocycles. The molecule has 0 radical (unpaired) electrons. The molecule has 0 aliphatic carbocycles. The third-order valence-electron chi connectivity index (χ3n) is 3.52. The molecule has 7 heteroatoms. The number of aromatic amines is 1. The van der Waals surface area contributed by atoms with Gasteiger partial charge in [0, 0.05) is 16.3 Å². The first-order chi connectivity index (χ1) is 12.0. The summed E-state index contributed by atoms with van der Waals surface area (Å²) < 4.78 is 0. The first kappa shape index (κ1) is 17.5. The van der Waals surface area contributed by atoms with E-state index in [1.807, 2.05) is 50.2 Å². The zero-order valence-corrected chi connectivity index (χ0v) is 15.4. The topological polar surface area (TPSA) is 70.7 Å². The molecule has 0 fully saturated rings. The molecule has 25 heavy (non-hydrogen) atoms. The minimum absolute atomic E-state index is 0.0894. The van der Waals surface area contributed by atoms with Gasteiger partial charge in [0.15, 0.2) is 5.82 Å². The molecular weight excluding hydrogens is 356 g/mol. The Balaban J connectivity index is 1.63. The lowest BCUT2D eigenvalue weighted by Crippen LogP contribution is -2.22. The molecule has 128 valence electrons. The first-order valence-electron chi connectivity index (χ1n) is 7.74. The van der Waals surface area contributed by atoms with Crippen LogP contribution < -0.4 is 5.32 Å². The van der Waals surface area contributed by atoms with Crippen LogP contribution in [0.4, 0.5) is 5.69 Å². The monoisotopic (exact) mass is 372 g/mol. The van der Waals surface area contributed by atoms with Crippen LogP contribution in [0.5, 0.6) is 0 Å². The summed E-state index contributed by atoms with van der Waals surface area (Å²) in [7, 11) is 0. The highest BCUT2D eigenvalue weighted by Crippen LogP contribution is 2.24. The minimum atomic E-state index is -0.325. The molecule has 0 aliphatic heterocycles. The van der Waals surface area contributed by atoms with Gasteiger partial charge in [0.25, 0.3) is 0 Å². The lowest BCUT2D eigenvalue weighted by atomic mass is 10.2. The van der Waals surface area contributed by atoms with Crippen molar-refractivity contribution >= 4 is 35.0 Å². The Labute approximate surface area is 155 Å². The number of nitrogens with one attached hydrogen (secondary N) is 2. The molecule has 1 aromatic heterocycles. The largest absolute Gasteiger partial charge is 0.325 e. The van der Waals surface area contributed by atoms with Gasteiger partial charge < -0.3 is 5.32 Å². The number of hydrogen-bond acceptors (Lipinski definition) is 4. The van der Waals surface area contributed by atoms with Gasteiger partial charge in [0.1, 0.15) is 0 Å². The van der Waals surface area contributed by atoms with E-state index in [2.05, 4.69) is 20.5 Å². The van der Waals surface area contributed by atoms with E-state index in [9.17, 15) is 4.79 Å². The fraction of sp³-hybridized carbons (Fsp3) is 0.167. The molecule has 0 saturated carbocycles. The van der Waals surface area contributed by atoms with E-state index in [1.165, 1.54) is 11.8 Å². The smallest absolute Gasteiger partial charge is 0.237 e. The van der Waals surface area contributed by atoms with Gasteiger partial charge in [-0.1, -0.05) is 35.5 Å². The zero-order chi connectivity index (χ0) is 17.8. The van der Waals surface area contributed by atoms with E-state index >= 15 is 0 Å². The Morgan fingerprint density at radius 3 is 2.72 bits per heavy atom. The van der Waals surface area contributed by atoms with Crippen molar-refractivity contribution in [2.24, 2.45) is 0 Å². The molecule has 1 heterocycles. The van der Waals surface area contributed by atoms with Crippen LogP contribution in [0.3, 0.4) is 0 Å². The summed E-state index contributed by atoms with van der Waals surface area (Å²) in [6.45, 7) is 3.81. The number of thioether (sulfide) groups is 1. The van der Waals surface area contributed by atoms with Gasteiger partial charge in [0.2, 0.25) is 11.1 Å².